The Morgan fingerprint density at radius 3 is 1.23 bits per heavy atom. The van der Waals surface area contributed by atoms with Crippen LogP contribution >= 0.6 is 0 Å². The summed E-state index contributed by atoms with van der Waals surface area (Å²) in [5.41, 5.74) is -3.49. The molecule has 0 amide bonds. The first-order valence-electron chi connectivity index (χ1n) is 5.28. The summed E-state index contributed by atoms with van der Waals surface area (Å²) in [6.07, 6.45) is 0. The second kappa shape index (κ2) is 4.90. The normalized spacial score (nSPS) is 11.0. The molecule has 0 radical (unpaired) electrons. The van der Waals surface area contributed by atoms with Crippen LogP contribution in [-0.2, 0) is 0 Å². The molecule has 0 fully saturated rings. The predicted octanol–water partition coefficient (Wildman–Crippen LogP) is 3.01. The minimum atomic E-state index is -2.28. The van der Waals surface area contributed by atoms with Crippen LogP contribution in [0.2, 0.25) is 0 Å². The fraction of sp³-hybridized carbons (Fsp3) is 0. The molecule has 0 bridgehead atoms. The Bertz CT molecular complexity index is 680. The third kappa shape index (κ3) is 1.87. The number of phenols is 4. The zero-order valence-electron chi connectivity index (χ0n) is 10.1. The zero-order valence-corrected chi connectivity index (χ0v) is 10.1. The molecule has 0 heterocycles. The summed E-state index contributed by atoms with van der Waals surface area (Å²) in [7, 11) is 0. The van der Waals surface area contributed by atoms with E-state index < -0.39 is 69.0 Å². The van der Waals surface area contributed by atoms with Gasteiger partial charge in [-0.15, -0.1) is 0 Å². The molecule has 2 aromatic rings. The molecule has 4 nitrogen and oxygen atoms in total. The van der Waals surface area contributed by atoms with E-state index in [1.54, 1.807) is 0 Å². The van der Waals surface area contributed by atoms with Gasteiger partial charge in [-0.2, -0.15) is 17.6 Å². The van der Waals surface area contributed by atoms with Crippen LogP contribution in [-0.4, -0.2) is 20.4 Å². The number of benzene rings is 2. The first-order valence-corrected chi connectivity index (χ1v) is 5.28. The molecule has 118 valence electrons. The third-order valence-electron chi connectivity index (χ3n) is 2.80. The van der Waals surface area contributed by atoms with E-state index in [1.165, 1.54) is 0 Å². The van der Waals surface area contributed by atoms with Crippen molar-refractivity contribution in [1.29, 1.82) is 0 Å². The van der Waals surface area contributed by atoms with Gasteiger partial charge in [-0.25, -0.2) is 8.78 Å². The Kier molecular flexibility index (Phi) is 3.47. The Hall–Kier alpha value is -2.78. The molecular formula is C12H4F6O4. The second-order valence-electron chi connectivity index (χ2n) is 4.03. The molecule has 0 aliphatic carbocycles. The van der Waals surface area contributed by atoms with Crippen LogP contribution in [0, 0.1) is 34.9 Å². The van der Waals surface area contributed by atoms with Gasteiger partial charge in [0.15, 0.2) is 34.6 Å². The fourth-order valence-corrected chi connectivity index (χ4v) is 1.73. The highest BCUT2D eigenvalue weighted by Gasteiger charge is 2.33. The maximum Gasteiger partial charge on any atom is 0.210 e. The van der Waals surface area contributed by atoms with Crippen molar-refractivity contribution in [3.63, 3.8) is 0 Å². The van der Waals surface area contributed by atoms with Crippen LogP contribution in [0.3, 0.4) is 0 Å². The summed E-state index contributed by atoms with van der Waals surface area (Å²) in [4.78, 5) is 0. The van der Waals surface area contributed by atoms with Gasteiger partial charge in [-0.3, -0.25) is 0 Å². The van der Waals surface area contributed by atoms with E-state index in [1.807, 2.05) is 0 Å². The zero-order chi connectivity index (χ0) is 16.9. The number of hydrogen-bond acceptors (Lipinski definition) is 4. The van der Waals surface area contributed by atoms with Crippen molar-refractivity contribution in [3.8, 4) is 34.1 Å². The Morgan fingerprint density at radius 1 is 0.364 bits per heavy atom. The highest BCUT2D eigenvalue weighted by Crippen LogP contribution is 2.47. The van der Waals surface area contributed by atoms with Crippen LogP contribution < -0.4 is 0 Å². The maximum atomic E-state index is 13.7. The van der Waals surface area contributed by atoms with Gasteiger partial charge in [0.1, 0.15) is 0 Å². The van der Waals surface area contributed by atoms with E-state index >= 15 is 0 Å². The van der Waals surface area contributed by atoms with Crippen molar-refractivity contribution in [2.45, 2.75) is 0 Å². The average molecular weight is 326 g/mol. The van der Waals surface area contributed by atoms with E-state index in [0.717, 1.165) is 0 Å². The van der Waals surface area contributed by atoms with Gasteiger partial charge in [-0.1, -0.05) is 0 Å². The molecule has 2 rings (SSSR count). The highest BCUT2D eigenvalue weighted by atomic mass is 19.2. The Morgan fingerprint density at radius 2 is 0.682 bits per heavy atom. The van der Waals surface area contributed by atoms with Crippen LogP contribution in [0.1, 0.15) is 0 Å². The van der Waals surface area contributed by atoms with Crippen LogP contribution in [0.5, 0.6) is 23.0 Å². The SMILES string of the molecule is Oc1c(F)c(O)c(-c2c(O)c(F)c(F)c(O)c2F)c(F)c1F. The summed E-state index contributed by atoms with van der Waals surface area (Å²) in [6.45, 7) is 0. The lowest BCUT2D eigenvalue weighted by molar-refractivity contribution is 0.344. The van der Waals surface area contributed by atoms with Crippen molar-refractivity contribution < 1.29 is 46.8 Å². The average Bonchev–Trinajstić information content (AvgIpc) is 2.50. The topological polar surface area (TPSA) is 80.9 Å². The first kappa shape index (κ1) is 15.6. The van der Waals surface area contributed by atoms with Crippen molar-refractivity contribution >= 4 is 0 Å². The number of rotatable bonds is 1. The molecule has 0 aliphatic heterocycles. The lowest BCUT2D eigenvalue weighted by Gasteiger charge is -2.13. The van der Waals surface area contributed by atoms with E-state index in [2.05, 4.69) is 0 Å². The second-order valence-corrected chi connectivity index (χ2v) is 4.03. The quantitative estimate of drug-likeness (QED) is 0.369. The molecule has 4 N–H and O–H groups in total. The lowest BCUT2D eigenvalue weighted by Crippen LogP contribution is -2.01. The van der Waals surface area contributed by atoms with Gasteiger partial charge >= 0.3 is 0 Å². The van der Waals surface area contributed by atoms with Gasteiger partial charge in [-0.05, 0) is 0 Å². The summed E-state index contributed by atoms with van der Waals surface area (Å²) in [5.74, 6) is -21.2. The minimum Gasteiger partial charge on any atom is -0.504 e. The number of phenolic OH excluding ortho intramolecular Hbond substituents is 4. The number of aromatic hydroxyl groups is 4. The van der Waals surface area contributed by atoms with Gasteiger partial charge in [0.25, 0.3) is 0 Å². The molecule has 0 aromatic heterocycles. The third-order valence-corrected chi connectivity index (χ3v) is 2.80. The summed E-state index contributed by atoms with van der Waals surface area (Å²) in [5, 5.41) is 36.4. The summed E-state index contributed by atoms with van der Waals surface area (Å²) >= 11 is 0. The smallest absolute Gasteiger partial charge is 0.210 e. The van der Waals surface area contributed by atoms with Gasteiger partial charge in [0.2, 0.25) is 23.3 Å². The van der Waals surface area contributed by atoms with Gasteiger partial charge in [0.05, 0.1) is 11.1 Å². The van der Waals surface area contributed by atoms with Crippen molar-refractivity contribution in [2.75, 3.05) is 0 Å². The fourth-order valence-electron chi connectivity index (χ4n) is 1.73. The molecule has 0 saturated carbocycles. The first-order chi connectivity index (χ1) is 10.1. The standard InChI is InChI=1S/C12H4F6O4/c13-3-1(10(20)8(18)12(22)5(3)15)2-4(14)11(21)7(17)6(16)9(2)19/h19-22H. The molecule has 10 heteroatoms. The van der Waals surface area contributed by atoms with Crippen molar-refractivity contribution in [1.82, 2.24) is 0 Å². The predicted molar refractivity (Wildman–Crippen MR) is 58.3 cm³/mol. The number of hydrogen-bond donors (Lipinski definition) is 4. The Balaban J connectivity index is 3.03. The van der Waals surface area contributed by atoms with Crippen LogP contribution in [0.25, 0.3) is 11.1 Å². The largest absolute Gasteiger partial charge is 0.504 e. The molecule has 22 heavy (non-hydrogen) atoms. The molecule has 0 saturated heterocycles. The van der Waals surface area contributed by atoms with Gasteiger partial charge < -0.3 is 20.4 Å². The Labute approximate surface area is 117 Å². The molecular weight excluding hydrogens is 322 g/mol. The van der Waals surface area contributed by atoms with E-state index in [-0.39, 0.29) is 0 Å². The molecule has 0 spiro atoms. The maximum absolute atomic E-state index is 13.7. The van der Waals surface area contributed by atoms with E-state index in [4.69, 9.17) is 10.2 Å². The molecule has 0 aliphatic rings. The van der Waals surface area contributed by atoms with Crippen LogP contribution in [0.4, 0.5) is 26.3 Å². The van der Waals surface area contributed by atoms with Gasteiger partial charge in [0, 0.05) is 0 Å². The molecule has 0 unspecified atom stereocenters. The van der Waals surface area contributed by atoms with Crippen molar-refractivity contribution in [3.05, 3.63) is 34.9 Å². The number of halogens is 6. The minimum absolute atomic E-state index is 1.73. The van der Waals surface area contributed by atoms with E-state index in [9.17, 15) is 36.6 Å². The molecule has 2 aromatic carbocycles. The molecule has 0 atom stereocenters. The monoisotopic (exact) mass is 326 g/mol. The summed E-state index contributed by atoms with van der Waals surface area (Å²) < 4.78 is 80.2. The van der Waals surface area contributed by atoms with Crippen molar-refractivity contribution in [2.24, 2.45) is 0 Å². The van der Waals surface area contributed by atoms with E-state index in [0.29, 0.717) is 0 Å². The summed E-state index contributed by atoms with van der Waals surface area (Å²) in [6, 6.07) is 0. The lowest BCUT2D eigenvalue weighted by atomic mass is 10.00. The highest BCUT2D eigenvalue weighted by molar-refractivity contribution is 5.79. The van der Waals surface area contributed by atoms with Crippen LogP contribution in [0.15, 0.2) is 0 Å².